The molecular formula is C14H20N2O4S. The van der Waals surface area contributed by atoms with Gasteiger partial charge in [0.25, 0.3) is 0 Å². The molecule has 0 aliphatic heterocycles. The minimum atomic E-state index is -3.49. The van der Waals surface area contributed by atoms with E-state index >= 15 is 0 Å². The van der Waals surface area contributed by atoms with Crippen LogP contribution in [0.5, 0.6) is 5.75 Å². The molecule has 0 saturated heterocycles. The molecule has 0 atom stereocenters. The molecule has 1 N–H and O–H groups in total. The van der Waals surface area contributed by atoms with E-state index in [0.717, 1.165) is 19.1 Å². The zero-order valence-electron chi connectivity index (χ0n) is 12.2. The summed E-state index contributed by atoms with van der Waals surface area (Å²) in [7, 11) is -2.00. The predicted octanol–water partition coefficient (Wildman–Crippen LogP) is 1.13. The van der Waals surface area contributed by atoms with Crippen molar-refractivity contribution in [2.24, 2.45) is 0 Å². The number of nitrogens with zero attached hydrogens (tertiary/aromatic N) is 1. The van der Waals surface area contributed by atoms with Gasteiger partial charge in [-0.2, -0.15) is 0 Å². The Hall–Kier alpha value is -1.76. The Kier molecular flexibility index (Phi) is 4.72. The van der Waals surface area contributed by atoms with Crippen LogP contribution in [-0.2, 0) is 14.8 Å². The first kappa shape index (κ1) is 15.6. The van der Waals surface area contributed by atoms with Crippen LogP contribution in [0.25, 0.3) is 0 Å². The molecular weight excluding hydrogens is 292 g/mol. The average molecular weight is 312 g/mol. The van der Waals surface area contributed by atoms with Gasteiger partial charge in [0, 0.05) is 19.0 Å². The molecule has 0 bridgehead atoms. The summed E-state index contributed by atoms with van der Waals surface area (Å²) in [6.45, 7) is 0.0950. The smallest absolute Gasteiger partial charge is 0.232 e. The molecule has 0 radical (unpaired) electrons. The Bertz CT molecular complexity index is 611. The van der Waals surface area contributed by atoms with Gasteiger partial charge in [0.1, 0.15) is 5.75 Å². The van der Waals surface area contributed by atoms with Crippen LogP contribution in [0.15, 0.2) is 24.3 Å². The second-order valence-corrected chi connectivity index (χ2v) is 7.01. The second-order valence-electron chi connectivity index (χ2n) is 5.10. The fourth-order valence-electron chi connectivity index (χ4n) is 2.03. The lowest BCUT2D eigenvalue weighted by Crippen LogP contribution is -2.35. The Balaban J connectivity index is 2.12. The van der Waals surface area contributed by atoms with E-state index < -0.39 is 10.0 Å². The highest BCUT2D eigenvalue weighted by atomic mass is 32.2. The van der Waals surface area contributed by atoms with Crippen molar-refractivity contribution in [2.75, 3.05) is 24.2 Å². The molecule has 1 aliphatic carbocycles. The summed E-state index contributed by atoms with van der Waals surface area (Å²) < 4.78 is 30.4. The standard InChI is InChI=1S/C14H20N2O4S/c1-20-13-6-4-3-5-12(13)16(21(2,18)19)10-9-14(17)15-11-7-8-11/h3-6,11H,7-10H2,1-2H3,(H,15,17). The molecule has 1 aliphatic rings. The Morgan fingerprint density at radius 1 is 1.38 bits per heavy atom. The van der Waals surface area contributed by atoms with Crippen molar-refractivity contribution in [3.8, 4) is 5.75 Å². The molecule has 1 saturated carbocycles. The van der Waals surface area contributed by atoms with Gasteiger partial charge in [-0.3, -0.25) is 9.10 Å². The topological polar surface area (TPSA) is 75.7 Å². The average Bonchev–Trinajstić information content (AvgIpc) is 3.21. The van der Waals surface area contributed by atoms with Crippen molar-refractivity contribution < 1.29 is 17.9 Å². The highest BCUT2D eigenvalue weighted by Gasteiger charge is 2.25. The number of amides is 1. The van der Waals surface area contributed by atoms with Gasteiger partial charge in [-0.05, 0) is 25.0 Å². The van der Waals surface area contributed by atoms with Crippen LogP contribution in [0.1, 0.15) is 19.3 Å². The molecule has 1 fully saturated rings. The summed E-state index contributed by atoms with van der Waals surface area (Å²) in [6.07, 6.45) is 3.27. The van der Waals surface area contributed by atoms with Gasteiger partial charge in [0.15, 0.2) is 0 Å². The van der Waals surface area contributed by atoms with Crippen molar-refractivity contribution in [1.82, 2.24) is 5.32 Å². The molecule has 21 heavy (non-hydrogen) atoms. The first-order valence-electron chi connectivity index (χ1n) is 6.82. The van der Waals surface area contributed by atoms with Gasteiger partial charge in [-0.1, -0.05) is 12.1 Å². The van der Waals surface area contributed by atoms with E-state index in [-0.39, 0.29) is 24.9 Å². The number of para-hydroxylation sites is 2. The molecule has 0 spiro atoms. The number of ether oxygens (including phenoxy) is 1. The number of benzene rings is 1. The van der Waals surface area contributed by atoms with Crippen LogP contribution >= 0.6 is 0 Å². The van der Waals surface area contributed by atoms with E-state index in [1.807, 2.05) is 0 Å². The number of carbonyl (C=O) groups is 1. The number of carbonyl (C=O) groups excluding carboxylic acids is 1. The molecule has 2 rings (SSSR count). The Morgan fingerprint density at radius 3 is 2.62 bits per heavy atom. The minimum Gasteiger partial charge on any atom is -0.495 e. The maximum Gasteiger partial charge on any atom is 0.232 e. The zero-order chi connectivity index (χ0) is 15.5. The Morgan fingerprint density at radius 2 is 2.05 bits per heavy atom. The second kappa shape index (κ2) is 6.34. The fourth-order valence-corrected chi connectivity index (χ4v) is 2.96. The first-order valence-corrected chi connectivity index (χ1v) is 8.66. The summed E-state index contributed by atoms with van der Waals surface area (Å²) in [4.78, 5) is 11.7. The maximum absolute atomic E-state index is 12.0. The molecule has 1 amide bonds. The SMILES string of the molecule is COc1ccccc1N(CCC(=O)NC1CC1)S(C)(=O)=O. The molecule has 0 aromatic heterocycles. The number of hydrogen-bond donors (Lipinski definition) is 1. The number of sulfonamides is 1. The number of hydrogen-bond acceptors (Lipinski definition) is 4. The van der Waals surface area contributed by atoms with Gasteiger partial charge in [0.2, 0.25) is 15.9 Å². The summed E-state index contributed by atoms with van der Waals surface area (Å²) in [6, 6.07) is 7.13. The number of anilines is 1. The maximum atomic E-state index is 12.0. The number of nitrogens with one attached hydrogen (secondary N) is 1. The third-order valence-corrected chi connectivity index (χ3v) is 4.42. The van der Waals surface area contributed by atoms with Crippen LogP contribution in [0.2, 0.25) is 0 Å². The first-order chi connectivity index (χ1) is 9.91. The van der Waals surface area contributed by atoms with E-state index in [1.54, 1.807) is 24.3 Å². The van der Waals surface area contributed by atoms with Gasteiger partial charge in [-0.25, -0.2) is 8.42 Å². The summed E-state index contributed by atoms with van der Waals surface area (Å²) in [5.41, 5.74) is 0.446. The summed E-state index contributed by atoms with van der Waals surface area (Å²) >= 11 is 0. The van der Waals surface area contributed by atoms with Crippen LogP contribution < -0.4 is 14.4 Å². The molecule has 1 aromatic carbocycles. The van der Waals surface area contributed by atoms with E-state index in [1.165, 1.54) is 11.4 Å². The normalized spacial score (nSPS) is 14.6. The van der Waals surface area contributed by atoms with Gasteiger partial charge >= 0.3 is 0 Å². The molecule has 1 aromatic rings. The van der Waals surface area contributed by atoms with Crippen LogP contribution in [0, 0.1) is 0 Å². The minimum absolute atomic E-state index is 0.0950. The molecule has 0 heterocycles. The van der Waals surface area contributed by atoms with Crippen molar-refractivity contribution in [3.05, 3.63) is 24.3 Å². The fraction of sp³-hybridized carbons (Fsp3) is 0.500. The van der Waals surface area contributed by atoms with Crippen LogP contribution in [0.3, 0.4) is 0 Å². The largest absolute Gasteiger partial charge is 0.495 e. The predicted molar refractivity (Wildman–Crippen MR) is 81.0 cm³/mol. The quantitative estimate of drug-likeness (QED) is 0.819. The van der Waals surface area contributed by atoms with E-state index in [0.29, 0.717) is 11.4 Å². The lowest BCUT2D eigenvalue weighted by Gasteiger charge is -2.24. The number of methoxy groups -OCH3 is 1. The zero-order valence-corrected chi connectivity index (χ0v) is 13.0. The highest BCUT2D eigenvalue weighted by molar-refractivity contribution is 7.92. The van der Waals surface area contributed by atoms with Gasteiger partial charge in [0.05, 0.1) is 19.1 Å². The third kappa shape index (κ3) is 4.35. The molecule has 6 nitrogen and oxygen atoms in total. The number of rotatable bonds is 7. The van der Waals surface area contributed by atoms with Crippen LogP contribution in [-0.4, -0.2) is 40.3 Å². The van der Waals surface area contributed by atoms with Crippen molar-refractivity contribution in [1.29, 1.82) is 0 Å². The van der Waals surface area contributed by atoms with Gasteiger partial charge < -0.3 is 10.1 Å². The van der Waals surface area contributed by atoms with Crippen LogP contribution in [0.4, 0.5) is 5.69 Å². The summed E-state index contributed by atoms with van der Waals surface area (Å²) in [5, 5.41) is 2.85. The lowest BCUT2D eigenvalue weighted by molar-refractivity contribution is -0.121. The van der Waals surface area contributed by atoms with Crippen molar-refractivity contribution in [2.45, 2.75) is 25.3 Å². The highest BCUT2D eigenvalue weighted by Crippen LogP contribution is 2.29. The van der Waals surface area contributed by atoms with E-state index in [2.05, 4.69) is 5.32 Å². The third-order valence-electron chi connectivity index (χ3n) is 3.24. The monoisotopic (exact) mass is 312 g/mol. The lowest BCUT2D eigenvalue weighted by atomic mass is 10.3. The molecule has 7 heteroatoms. The van der Waals surface area contributed by atoms with E-state index in [9.17, 15) is 13.2 Å². The van der Waals surface area contributed by atoms with Crippen molar-refractivity contribution >= 4 is 21.6 Å². The van der Waals surface area contributed by atoms with Crippen molar-refractivity contribution in [3.63, 3.8) is 0 Å². The summed E-state index contributed by atoms with van der Waals surface area (Å²) in [5.74, 6) is 0.339. The van der Waals surface area contributed by atoms with E-state index in [4.69, 9.17) is 4.74 Å². The molecule has 116 valence electrons. The van der Waals surface area contributed by atoms with Gasteiger partial charge in [-0.15, -0.1) is 0 Å². The Labute approximate surface area is 125 Å². The molecule has 0 unspecified atom stereocenters.